The molecule has 2 saturated heterocycles. The molecular formula is C24H30N2O2. The lowest BCUT2D eigenvalue weighted by atomic mass is 9.83. The first-order chi connectivity index (χ1) is 13.7. The predicted molar refractivity (Wildman–Crippen MR) is 111 cm³/mol. The van der Waals surface area contributed by atoms with E-state index >= 15 is 0 Å². The number of methoxy groups -OCH3 is 1. The maximum absolute atomic E-state index is 12.7. The zero-order chi connectivity index (χ0) is 19.4. The molecule has 0 aliphatic carbocycles. The molecule has 28 heavy (non-hydrogen) atoms. The fourth-order valence-corrected chi connectivity index (χ4v) is 4.80. The van der Waals surface area contributed by atoms with Crippen LogP contribution < -0.4 is 0 Å². The second kappa shape index (κ2) is 8.46. The van der Waals surface area contributed by atoms with E-state index in [1.54, 1.807) is 0 Å². The summed E-state index contributed by atoms with van der Waals surface area (Å²) in [5.74, 6) is 0.167. The Bertz CT molecular complexity index is 762. The predicted octanol–water partition coefficient (Wildman–Crippen LogP) is 3.93. The van der Waals surface area contributed by atoms with Crippen LogP contribution in [0.5, 0.6) is 0 Å². The lowest BCUT2D eigenvalue weighted by Crippen LogP contribution is -2.51. The van der Waals surface area contributed by atoms with Gasteiger partial charge in [-0.15, -0.1) is 0 Å². The molecule has 1 amide bonds. The number of nitrogens with zero attached hydrogens (tertiary/aromatic N) is 2. The number of piperidine rings is 2. The van der Waals surface area contributed by atoms with E-state index in [2.05, 4.69) is 35.2 Å². The maximum atomic E-state index is 12.7. The van der Waals surface area contributed by atoms with Gasteiger partial charge < -0.3 is 14.5 Å². The van der Waals surface area contributed by atoms with Gasteiger partial charge in [0, 0.05) is 44.9 Å². The monoisotopic (exact) mass is 378 g/mol. The van der Waals surface area contributed by atoms with Crippen molar-refractivity contribution in [1.82, 2.24) is 9.80 Å². The topological polar surface area (TPSA) is 32.8 Å². The van der Waals surface area contributed by atoms with Crippen LogP contribution in [-0.2, 0) is 10.3 Å². The van der Waals surface area contributed by atoms with Crippen LogP contribution >= 0.6 is 0 Å². The Hall–Kier alpha value is -2.17. The largest absolute Gasteiger partial charge is 0.373 e. The molecule has 2 aromatic carbocycles. The van der Waals surface area contributed by atoms with Crippen molar-refractivity contribution in [2.45, 2.75) is 37.3 Å². The van der Waals surface area contributed by atoms with Crippen LogP contribution in [0.4, 0.5) is 0 Å². The van der Waals surface area contributed by atoms with Crippen molar-refractivity contribution >= 4 is 5.91 Å². The SMILES string of the molecule is COC1(c2ccccc2)CCN(C2CCN(C(=O)c3ccccc3)CC2)CC1. The molecular weight excluding hydrogens is 348 g/mol. The van der Waals surface area contributed by atoms with Gasteiger partial charge in [-0.2, -0.15) is 0 Å². The third kappa shape index (κ3) is 3.85. The first-order valence-corrected chi connectivity index (χ1v) is 10.4. The standard InChI is InChI=1S/C24H30N2O2/c1-28-24(21-10-6-3-7-11-21)14-18-25(19-15-24)22-12-16-26(17-13-22)23(27)20-8-4-2-5-9-20/h2-11,22H,12-19H2,1H3. The van der Waals surface area contributed by atoms with Crippen LogP contribution in [0.1, 0.15) is 41.6 Å². The van der Waals surface area contributed by atoms with E-state index in [1.165, 1.54) is 5.56 Å². The summed E-state index contributed by atoms with van der Waals surface area (Å²) in [6.07, 6.45) is 4.17. The van der Waals surface area contributed by atoms with E-state index in [9.17, 15) is 4.79 Å². The molecule has 0 N–H and O–H groups in total. The van der Waals surface area contributed by atoms with Gasteiger partial charge >= 0.3 is 0 Å². The first kappa shape index (κ1) is 19.2. The molecule has 0 bridgehead atoms. The lowest BCUT2D eigenvalue weighted by Gasteiger charge is -2.46. The molecule has 0 aromatic heterocycles. The minimum atomic E-state index is -0.151. The zero-order valence-electron chi connectivity index (χ0n) is 16.7. The minimum absolute atomic E-state index is 0.151. The van der Waals surface area contributed by atoms with Crippen molar-refractivity contribution in [2.24, 2.45) is 0 Å². The Morgan fingerprint density at radius 2 is 1.46 bits per heavy atom. The van der Waals surface area contributed by atoms with Crippen molar-refractivity contribution in [1.29, 1.82) is 0 Å². The Labute approximate surface area is 168 Å². The summed E-state index contributed by atoms with van der Waals surface area (Å²) in [6, 6.07) is 20.8. The highest BCUT2D eigenvalue weighted by molar-refractivity contribution is 5.94. The third-order valence-corrected chi connectivity index (χ3v) is 6.59. The van der Waals surface area contributed by atoms with Gasteiger partial charge in [0.1, 0.15) is 0 Å². The summed E-state index contributed by atoms with van der Waals surface area (Å²) in [5, 5.41) is 0. The Balaban J connectivity index is 1.32. The zero-order valence-corrected chi connectivity index (χ0v) is 16.7. The Kier molecular flexibility index (Phi) is 5.79. The number of benzene rings is 2. The molecule has 0 unspecified atom stereocenters. The number of carbonyl (C=O) groups excluding carboxylic acids is 1. The molecule has 2 aliphatic heterocycles. The van der Waals surface area contributed by atoms with Gasteiger partial charge in [-0.3, -0.25) is 4.79 Å². The van der Waals surface area contributed by atoms with Crippen molar-refractivity contribution in [2.75, 3.05) is 33.3 Å². The van der Waals surface area contributed by atoms with Crippen LogP contribution in [0.2, 0.25) is 0 Å². The van der Waals surface area contributed by atoms with Crippen LogP contribution in [0.15, 0.2) is 60.7 Å². The second-order valence-electron chi connectivity index (χ2n) is 7.99. The molecule has 0 radical (unpaired) electrons. The van der Waals surface area contributed by atoms with Gasteiger partial charge in [0.05, 0.1) is 5.60 Å². The number of amides is 1. The van der Waals surface area contributed by atoms with E-state index in [-0.39, 0.29) is 11.5 Å². The fourth-order valence-electron chi connectivity index (χ4n) is 4.80. The number of rotatable bonds is 4. The molecule has 0 spiro atoms. The second-order valence-corrected chi connectivity index (χ2v) is 7.99. The maximum Gasteiger partial charge on any atom is 0.253 e. The number of hydrogen-bond acceptors (Lipinski definition) is 3. The molecule has 4 nitrogen and oxygen atoms in total. The molecule has 0 atom stereocenters. The van der Waals surface area contributed by atoms with Gasteiger partial charge in [0.25, 0.3) is 5.91 Å². The van der Waals surface area contributed by atoms with Crippen molar-refractivity contribution < 1.29 is 9.53 Å². The average Bonchev–Trinajstić information content (AvgIpc) is 2.80. The third-order valence-electron chi connectivity index (χ3n) is 6.59. The van der Waals surface area contributed by atoms with Gasteiger partial charge in [-0.1, -0.05) is 48.5 Å². The normalized spacial score (nSPS) is 20.8. The summed E-state index contributed by atoms with van der Waals surface area (Å²) in [4.78, 5) is 17.3. The molecule has 2 aliphatic rings. The first-order valence-electron chi connectivity index (χ1n) is 10.4. The number of ether oxygens (including phenoxy) is 1. The lowest BCUT2D eigenvalue weighted by molar-refractivity contribution is -0.0724. The highest BCUT2D eigenvalue weighted by atomic mass is 16.5. The van der Waals surface area contributed by atoms with Crippen LogP contribution in [0, 0.1) is 0 Å². The van der Waals surface area contributed by atoms with Gasteiger partial charge in [0.15, 0.2) is 0 Å². The van der Waals surface area contributed by atoms with Crippen molar-refractivity contribution in [3.8, 4) is 0 Å². The van der Waals surface area contributed by atoms with Crippen LogP contribution in [-0.4, -0.2) is 55.0 Å². The summed E-state index contributed by atoms with van der Waals surface area (Å²) in [7, 11) is 1.84. The average molecular weight is 379 g/mol. The Morgan fingerprint density at radius 1 is 0.893 bits per heavy atom. The number of likely N-dealkylation sites (tertiary alicyclic amines) is 2. The van der Waals surface area contributed by atoms with Crippen molar-refractivity contribution in [3.63, 3.8) is 0 Å². The van der Waals surface area contributed by atoms with Crippen LogP contribution in [0.3, 0.4) is 0 Å². The molecule has 0 saturated carbocycles. The Morgan fingerprint density at radius 3 is 2.04 bits per heavy atom. The quantitative estimate of drug-likeness (QED) is 0.808. The van der Waals surface area contributed by atoms with E-state index in [0.717, 1.165) is 57.4 Å². The molecule has 2 aromatic rings. The van der Waals surface area contributed by atoms with E-state index in [1.807, 2.05) is 42.3 Å². The smallest absolute Gasteiger partial charge is 0.253 e. The summed E-state index contributed by atoms with van der Waals surface area (Å²) >= 11 is 0. The number of hydrogen-bond donors (Lipinski definition) is 0. The highest BCUT2D eigenvalue weighted by Gasteiger charge is 2.38. The number of carbonyl (C=O) groups is 1. The van der Waals surface area contributed by atoms with E-state index < -0.39 is 0 Å². The highest BCUT2D eigenvalue weighted by Crippen LogP contribution is 2.37. The van der Waals surface area contributed by atoms with E-state index in [4.69, 9.17) is 4.74 Å². The molecule has 4 heteroatoms. The summed E-state index contributed by atoms with van der Waals surface area (Å²) in [5.41, 5.74) is 1.94. The molecule has 2 heterocycles. The summed E-state index contributed by atoms with van der Waals surface area (Å²) in [6.45, 7) is 3.81. The van der Waals surface area contributed by atoms with Crippen LogP contribution in [0.25, 0.3) is 0 Å². The summed E-state index contributed by atoms with van der Waals surface area (Å²) < 4.78 is 6.02. The minimum Gasteiger partial charge on any atom is -0.373 e. The molecule has 148 valence electrons. The fraction of sp³-hybridized carbons (Fsp3) is 0.458. The van der Waals surface area contributed by atoms with Gasteiger partial charge in [-0.25, -0.2) is 0 Å². The van der Waals surface area contributed by atoms with Crippen molar-refractivity contribution in [3.05, 3.63) is 71.8 Å². The van der Waals surface area contributed by atoms with Gasteiger partial charge in [0.2, 0.25) is 0 Å². The molecule has 4 rings (SSSR count). The van der Waals surface area contributed by atoms with E-state index in [0.29, 0.717) is 6.04 Å². The molecule has 2 fully saturated rings. The van der Waals surface area contributed by atoms with Gasteiger partial charge in [-0.05, 0) is 43.4 Å².